The number of hydrogen-bond acceptors (Lipinski definition) is 2. The fraction of sp³-hybridized carbons (Fsp3) is 0.286. The SMILES string of the molecule is Cc1ccc(Cl)c(C2c3ccccc3CCN2[C@@H](C)C(=O)N(Cc2ccccc2F)C2Cc3ccccc3C2)c1. The molecule has 1 unspecified atom stereocenters. The van der Waals surface area contributed by atoms with E-state index in [1.165, 1.54) is 28.3 Å². The van der Waals surface area contributed by atoms with Crippen molar-refractivity contribution in [2.45, 2.75) is 57.8 Å². The van der Waals surface area contributed by atoms with Gasteiger partial charge in [-0.2, -0.15) is 0 Å². The van der Waals surface area contributed by atoms with Gasteiger partial charge in [-0.3, -0.25) is 9.69 Å². The summed E-state index contributed by atoms with van der Waals surface area (Å²) in [6, 6.07) is 29.2. The first-order valence-corrected chi connectivity index (χ1v) is 14.5. The molecule has 0 aromatic heterocycles. The Morgan fingerprint density at radius 1 is 0.925 bits per heavy atom. The Bertz CT molecular complexity index is 1530. The molecule has 6 rings (SSSR count). The lowest BCUT2D eigenvalue weighted by Gasteiger charge is -2.43. The van der Waals surface area contributed by atoms with Gasteiger partial charge in [0.1, 0.15) is 5.82 Å². The lowest BCUT2D eigenvalue weighted by molar-refractivity contribution is -0.140. The Balaban J connectivity index is 1.37. The molecule has 3 nitrogen and oxygen atoms in total. The maximum atomic E-state index is 14.9. The second-order valence-electron chi connectivity index (χ2n) is 11.2. The Hall–Kier alpha value is -3.47. The van der Waals surface area contributed by atoms with Gasteiger partial charge in [-0.25, -0.2) is 4.39 Å². The summed E-state index contributed by atoms with van der Waals surface area (Å²) >= 11 is 6.82. The molecule has 1 heterocycles. The van der Waals surface area contributed by atoms with Gasteiger partial charge < -0.3 is 4.90 Å². The van der Waals surface area contributed by atoms with E-state index in [-0.39, 0.29) is 30.4 Å². The van der Waals surface area contributed by atoms with E-state index in [2.05, 4.69) is 54.3 Å². The molecular formula is C35H34ClFN2O. The van der Waals surface area contributed by atoms with Crippen molar-refractivity contribution in [2.75, 3.05) is 6.54 Å². The summed E-state index contributed by atoms with van der Waals surface area (Å²) in [5, 5.41) is 0.700. The van der Waals surface area contributed by atoms with E-state index in [1.54, 1.807) is 12.1 Å². The summed E-state index contributed by atoms with van der Waals surface area (Å²) in [6.07, 6.45) is 2.41. The number of carbonyl (C=O) groups is 1. The van der Waals surface area contributed by atoms with E-state index in [9.17, 15) is 9.18 Å². The highest BCUT2D eigenvalue weighted by molar-refractivity contribution is 6.31. The molecule has 2 atom stereocenters. The van der Waals surface area contributed by atoms with Crippen molar-refractivity contribution in [2.24, 2.45) is 0 Å². The Kier molecular flexibility index (Phi) is 7.48. The van der Waals surface area contributed by atoms with Crippen molar-refractivity contribution in [3.8, 4) is 0 Å². The molecule has 5 heteroatoms. The molecule has 40 heavy (non-hydrogen) atoms. The minimum Gasteiger partial charge on any atom is -0.333 e. The third kappa shape index (κ3) is 5.07. The maximum absolute atomic E-state index is 14.9. The molecule has 0 spiro atoms. The molecule has 0 N–H and O–H groups in total. The van der Waals surface area contributed by atoms with Crippen LogP contribution >= 0.6 is 11.6 Å². The van der Waals surface area contributed by atoms with Crippen LogP contribution in [0.2, 0.25) is 5.02 Å². The van der Waals surface area contributed by atoms with E-state index in [4.69, 9.17) is 11.6 Å². The lowest BCUT2D eigenvalue weighted by Crippen LogP contribution is -2.53. The number of fused-ring (bicyclic) bond motifs is 2. The van der Waals surface area contributed by atoms with Crippen LogP contribution in [-0.4, -0.2) is 34.3 Å². The quantitative estimate of drug-likeness (QED) is 0.250. The minimum absolute atomic E-state index is 0.0224. The molecule has 4 aromatic carbocycles. The monoisotopic (exact) mass is 552 g/mol. The van der Waals surface area contributed by atoms with Gasteiger partial charge in [-0.15, -0.1) is 0 Å². The highest BCUT2D eigenvalue weighted by Crippen LogP contribution is 2.40. The zero-order valence-corrected chi connectivity index (χ0v) is 23.7. The average molecular weight is 553 g/mol. The van der Waals surface area contributed by atoms with Crippen LogP contribution in [0.3, 0.4) is 0 Å². The summed E-state index contributed by atoms with van der Waals surface area (Å²) in [4.78, 5) is 18.8. The molecule has 0 bridgehead atoms. The fourth-order valence-electron chi connectivity index (χ4n) is 6.56. The first-order chi connectivity index (χ1) is 19.4. The fourth-order valence-corrected chi connectivity index (χ4v) is 6.78. The molecule has 4 aromatic rings. The molecular weight excluding hydrogens is 519 g/mol. The van der Waals surface area contributed by atoms with Crippen LogP contribution in [0.15, 0.2) is 91.0 Å². The van der Waals surface area contributed by atoms with Crippen molar-refractivity contribution in [1.82, 2.24) is 9.80 Å². The number of benzene rings is 4. The van der Waals surface area contributed by atoms with Crippen molar-refractivity contribution in [3.05, 3.63) is 141 Å². The third-order valence-corrected chi connectivity index (χ3v) is 9.02. The smallest absolute Gasteiger partial charge is 0.240 e. The molecule has 0 saturated heterocycles. The van der Waals surface area contributed by atoms with Gasteiger partial charge in [-0.05, 0) is 73.1 Å². The van der Waals surface area contributed by atoms with Crippen LogP contribution in [0.25, 0.3) is 0 Å². The molecule has 1 aliphatic carbocycles. The number of carbonyl (C=O) groups excluding carboxylic acids is 1. The molecule has 1 amide bonds. The van der Waals surface area contributed by atoms with Gasteiger partial charge >= 0.3 is 0 Å². The molecule has 1 aliphatic heterocycles. The Morgan fingerprint density at radius 2 is 1.57 bits per heavy atom. The van der Waals surface area contributed by atoms with Crippen LogP contribution in [0.5, 0.6) is 0 Å². The van der Waals surface area contributed by atoms with E-state index < -0.39 is 6.04 Å². The highest BCUT2D eigenvalue weighted by atomic mass is 35.5. The summed E-state index contributed by atoms with van der Waals surface area (Å²) in [6.45, 7) is 5.05. The first kappa shape index (κ1) is 26.7. The Labute approximate surface area is 241 Å². The van der Waals surface area contributed by atoms with Crippen LogP contribution in [0, 0.1) is 12.7 Å². The molecule has 0 radical (unpaired) electrons. The zero-order valence-electron chi connectivity index (χ0n) is 23.0. The van der Waals surface area contributed by atoms with Crippen LogP contribution in [-0.2, 0) is 30.6 Å². The number of rotatable bonds is 6. The third-order valence-electron chi connectivity index (χ3n) is 8.67. The van der Waals surface area contributed by atoms with Crippen LogP contribution < -0.4 is 0 Å². The minimum atomic E-state index is -0.426. The summed E-state index contributed by atoms with van der Waals surface area (Å²) in [7, 11) is 0. The standard InChI is InChI=1S/C35H34ClFN2O/c1-23-15-16-32(36)31(19-23)34-30-13-7-5-9-25(30)17-18-38(34)24(2)35(40)39(22-28-12-6-8-14-33(28)37)29-20-26-10-3-4-11-27(26)21-29/h3-16,19,24,29,34H,17-18,20-22H2,1-2H3/t24-,34?/m0/s1. The van der Waals surface area contributed by atoms with Gasteiger partial charge in [0.05, 0.1) is 12.1 Å². The van der Waals surface area contributed by atoms with Crippen LogP contribution in [0.4, 0.5) is 4.39 Å². The van der Waals surface area contributed by atoms with E-state index in [0.29, 0.717) is 10.6 Å². The first-order valence-electron chi connectivity index (χ1n) is 14.1. The molecule has 2 aliphatic rings. The van der Waals surface area contributed by atoms with E-state index in [0.717, 1.165) is 36.9 Å². The normalized spacial score (nSPS) is 17.8. The average Bonchev–Trinajstić information content (AvgIpc) is 3.41. The van der Waals surface area contributed by atoms with Crippen molar-refractivity contribution >= 4 is 17.5 Å². The predicted molar refractivity (Wildman–Crippen MR) is 159 cm³/mol. The second-order valence-corrected chi connectivity index (χ2v) is 11.6. The highest BCUT2D eigenvalue weighted by Gasteiger charge is 2.39. The van der Waals surface area contributed by atoms with Crippen molar-refractivity contribution in [1.29, 1.82) is 0 Å². The van der Waals surface area contributed by atoms with Gasteiger partial charge in [0.25, 0.3) is 0 Å². The van der Waals surface area contributed by atoms with Gasteiger partial charge in [-0.1, -0.05) is 96.0 Å². The Morgan fingerprint density at radius 3 is 2.30 bits per heavy atom. The number of aryl methyl sites for hydroxylation is 1. The molecule has 0 saturated carbocycles. The number of halogens is 2. The van der Waals surface area contributed by atoms with Crippen molar-refractivity contribution < 1.29 is 9.18 Å². The largest absolute Gasteiger partial charge is 0.333 e. The number of amides is 1. The second kappa shape index (κ2) is 11.2. The van der Waals surface area contributed by atoms with Crippen molar-refractivity contribution in [3.63, 3.8) is 0 Å². The summed E-state index contributed by atoms with van der Waals surface area (Å²) in [5.74, 6) is -0.256. The summed E-state index contributed by atoms with van der Waals surface area (Å²) < 4.78 is 14.9. The predicted octanol–water partition coefficient (Wildman–Crippen LogP) is 7.32. The van der Waals surface area contributed by atoms with E-state index >= 15 is 0 Å². The van der Waals surface area contributed by atoms with E-state index in [1.807, 2.05) is 42.2 Å². The summed E-state index contributed by atoms with van der Waals surface area (Å²) in [5.41, 5.74) is 7.70. The zero-order chi connectivity index (χ0) is 27.8. The van der Waals surface area contributed by atoms with Gasteiger partial charge in [0.2, 0.25) is 5.91 Å². The van der Waals surface area contributed by atoms with Gasteiger partial charge in [0, 0.05) is 29.7 Å². The van der Waals surface area contributed by atoms with Gasteiger partial charge in [0.15, 0.2) is 0 Å². The van der Waals surface area contributed by atoms with Crippen LogP contribution in [0.1, 0.15) is 51.9 Å². The number of nitrogens with zero attached hydrogens (tertiary/aromatic N) is 2. The molecule has 204 valence electrons. The molecule has 0 fully saturated rings. The maximum Gasteiger partial charge on any atom is 0.240 e. The number of hydrogen-bond donors (Lipinski definition) is 0. The lowest BCUT2D eigenvalue weighted by atomic mass is 9.86. The topological polar surface area (TPSA) is 23.6 Å².